The van der Waals surface area contributed by atoms with Crippen molar-refractivity contribution in [3.63, 3.8) is 0 Å². The summed E-state index contributed by atoms with van der Waals surface area (Å²) in [5.41, 5.74) is 0.584. The SMILES string of the molecule is C[C@H](O)c1ccc(F)cc1OCCCOc1ccccc1. The predicted octanol–water partition coefficient (Wildman–Crippen LogP) is 3.73. The Balaban J connectivity index is 1.79. The second-order valence-corrected chi connectivity index (χ2v) is 4.72. The lowest BCUT2D eigenvalue weighted by Gasteiger charge is -2.13. The standard InChI is InChI=1S/C17H19FO3/c1-13(19)16-9-8-14(18)12-17(16)21-11-5-10-20-15-6-3-2-4-7-15/h2-4,6-9,12-13,19H,5,10-11H2,1H3/t13-/m0/s1. The molecule has 0 heterocycles. The summed E-state index contributed by atoms with van der Waals surface area (Å²) in [5, 5.41) is 9.62. The van der Waals surface area contributed by atoms with Crippen molar-refractivity contribution in [2.75, 3.05) is 13.2 Å². The molecule has 0 spiro atoms. The van der Waals surface area contributed by atoms with Crippen LogP contribution in [-0.4, -0.2) is 18.3 Å². The summed E-state index contributed by atoms with van der Waals surface area (Å²) in [6.07, 6.45) is -0.0221. The first-order chi connectivity index (χ1) is 10.2. The van der Waals surface area contributed by atoms with Gasteiger partial charge in [-0.05, 0) is 31.2 Å². The molecule has 0 amide bonds. The number of para-hydroxylation sites is 1. The van der Waals surface area contributed by atoms with Gasteiger partial charge in [-0.25, -0.2) is 4.39 Å². The Kier molecular flexibility index (Phi) is 5.58. The molecule has 0 saturated carbocycles. The molecule has 2 rings (SSSR count). The maximum atomic E-state index is 13.2. The fourth-order valence-electron chi connectivity index (χ4n) is 1.93. The number of hydrogen-bond donors (Lipinski definition) is 1. The first-order valence-corrected chi connectivity index (χ1v) is 6.95. The normalized spacial score (nSPS) is 12.0. The molecule has 112 valence electrons. The second-order valence-electron chi connectivity index (χ2n) is 4.72. The molecule has 1 N–H and O–H groups in total. The van der Waals surface area contributed by atoms with Gasteiger partial charge in [0.15, 0.2) is 0 Å². The molecule has 0 unspecified atom stereocenters. The molecule has 0 fully saturated rings. The Morgan fingerprint density at radius 3 is 2.48 bits per heavy atom. The Morgan fingerprint density at radius 1 is 1.05 bits per heavy atom. The van der Waals surface area contributed by atoms with Gasteiger partial charge in [-0.3, -0.25) is 0 Å². The average Bonchev–Trinajstić information content (AvgIpc) is 2.48. The highest BCUT2D eigenvalue weighted by molar-refractivity contribution is 5.35. The van der Waals surface area contributed by atoms with E-state index in [2.05, 4.69) is 0 Å². The van der Waals surface area contributed by atoms with Crippen molar-refractivity contribution in [2.45, 2.75) is 19.4 Å². The largest absolute Gasteiger partial charge is 0.493 e. The lowest BCUT2D eigenvalue weighted by molar-refractivity contribution is 0.188. The predicted molar refractivity (Wildman–Crippen MR) is 79.1 cm³/mol. The molecular formula is C17H19FO3. The van der Waals surface area contributed by atoms with E-state index in [1.807, 2.05) is 30.3 Å². The quantitative estimate of drug-likeness (QED) is 0.790. The maximum Gasteiger partial charge on any atom is 0.127 e. The summed E-state index contributed by atoms with van der Waals surface area (Å²) in [6, 6.07) is 13.7. The molecule has 21 heavy (non-hydrogen) atoms. The van der Waals surface area contributed by atoms with E-state index < -0.39 is 6.10 Å². The third kappa shape index (κ3) is 4.76. The fourth-order valence-corrected chi connectivity index (χ4v) is 1.93. The number of benzene rings is 2. The average molecular weight is 290 g/mol. The zero-order valence-corrected chi connectivity index (χ0v) is 12.0. The van der Waals surface area contributed by atoms with Crippen molar-refractivity contribution < 1.29 is 19.0 Å². The summed E-state index contributed by atoms with van der Waals surface area (Å²) in [6.45, 7) is 2.54. The first-order valence-electron chi connectivity index (χ1n) is 6.95. The van der Waals surface area contributed by atoms with Gasteiger partial charge in [0, 0.05) is 18.1 Å². The van der Waals surface area contributed by atoms with Crippen molar-refractivity contribution in [3.8, 4) is 11.5 Å². The van der Waals surface area contributed by atoms with Crippen molar-refractivity contribution >= 4 is 0 Å². The Hall–Kier alpha value is -2.07. The highest BCUT2D eigenvalue weighted by atomic mass is 19.1. The topological polar surface area (TPSA) is 38.7 Å². The van der Waals surface area contributed by atoms with Crippen molar-refractivity contribution in [1.29, 1.82) is 0 Å². The van der Waals surface area contributed by atoms with Crippen LogP contribution in [0.5, 0.6) is 11.5 Å². The lowest BCUT2D eigenvalue weighted by atomic mass is 10.1. The molecular weight excluding hydrogens is 271 g/mol. The number of aliphatic hydroxyl groups is 1. The number of ether oxygens (including phenoxy) is 2. The van der Waals surface area contributed by atoms with Crippen LogP contribution < -0.4 is 9.47 Å². The van der Waals surface area contributed by atoms with Gasteiger partial charge in [-0.1, -0.05) is 18.2 Å². The van der Waals surface area contributed by atoms with Gasteiger partial charge in [-0.2, -0.15) is 0 Å². The van der Waals surface area contributed by atoms with E-state index in [9.17, 15) is 9.50 Å². The smallest absolute Gasteiger partial charge is 0.127 e. The lowest BCUT2D eigenvalue weighted by Crippen LogP contribution is -2.07. The van der Waals surface area contributed by atoms with Gasteiger partial charge in [0.25, 0.3) is 0 Å². The second kappa shape index (κ2) is 7.64. The van der Waals surface area contributed by atoms with Crippen LogP contribution in [0.3, 0.4) is 0 Å². The molecule has 2 aromatic rings. The van der Waals surface area contributed by atoms with E-state index in [1.54, 1.807) is 6.92 Å². The number of rotatable bonds is 7. The van der Waals surface area contributed by atoms with E-state index in [0.717, 1.165) is 5.75 Å². The zero-order valence-electron chi connectivity index (χ0n) is 12.0. The van der Waals surface area contributed by atoms with Crippen LogP contribution >= 0.6 is 0 Å². The third-order valence-corrected chi connectivity index (χ3v) is 2.98. The van der Waals surface area contributed by atoms with Crippen molar-refractivity contribution in [3.05, 3.63) is 59.9 Å². The highest BCUT2D eigenvalue weighted by Crippen LogP contribution is 2.26. The Bertz CT molecular complexity index is 555. The molecule has 3 nitrogen and oxygen atoms in total. The van der Waals surface area contributed by atoms with E-state index in [-0.39, 0.29) is 5.82 Å². The van der Waals surface area contributed by atoms with Gasteiger partial charge in [-0.15, -0.1) is 0 Å². The Morgan fingerprint density at radius 2 is 1.76 bits per heavy atom. The fraction of sp³-hybridized carbons (Fsp3) is 0.294. The zero-order chi connectivity index (χ0) is 15.1. The number of halogens is 1. The molecule has 0 aliphatic carbocycles. The summed E-state index contributed by atoms with van der Waals surface area (Å²) >= 11 is 0. The van der Waals surface area contributed by atoms with Crippen LogP contribution in [0.1, 0.15) is 25.0 Å². The molecule has 1 atom stereocenters. The van der Waals surface area contributed by atoms with E-state index in [0.29, 0.717) is 30.9 Å². The minimum atomic E-state index is -0.693. The van der Waals surface area contributed by atoms with E-state index in [4.69, 9.17) is 9.47 Å². The molecule has 4 heteroatoms. The van der Waals surface area contributed by atoms with Crippen LogP contribution in [0.4, 0.5) is 4.39 Å². The maximum absolute atomic E-state index is 13.2. The Labute approximate surface area is 124 Å². The summed E-state index contributed by atoms with van der Waals surface area (Å²) in [4.78, 5) is 0. The van der Waals surface area contributed by atoms with Crippen LogP contribution in [-0.2, 0) is 0 Å². The molecule has 0 aliphatic rings. The summed E-state index contributed by atoms with van der Waals surface area (Å²) in [5.74, 6) is 0.813. The van der Waals surface area contributed by atoms with Crippen molar-refractivity contribution in [2.24, 2.45) is 0 Å². The molecule has 2 aromatic carbocycles. The monoisotopic (exact) mass is 290 g/mol. The van der Waals surface area contributed by atoms with Crippen LogP contribution in [0, 0.1) is 5.82 Å². The van der Waals surface area contributed by atoms with Crippen LogP contribution in [0.25, 0.3) is 0 Å². The van der Waals surface area contributed by atoms with Crippen LogP contribution in [0.15, 0.2) is 48.5 Å². The number of hydrogen-bond acceptors (Lipinski definition) is 3. The highest BCUT2D eigenvalue weighted by Gasteiger charge is 2.10. The van der Waals surface area contributed by atoms with E-state index >= 15 is 0 Å². The molecule has 0 saturated heterocycles. The minimum Gasteiger partial charge on any atom is -0.493 e. The van der Waals surface area contributed by atoms with Gasteiger partial charge in [0.1, 0.15) is 17.3 Å². The van der Waals surface area contributed by atoms with Gasteiger partial charge in [0.05, 0.1) is 19.3 Å². The minimum absolute atomic E-state index is 0.379. The molecule has 0 bridgehead atoms. The summed E-state index contributed by atoms with van der Waals surface area (Å²) in [7, 11) is 0. The van der Waals surface area contributed by atoms with E-state index in [1.165, 1.54) is 18.2 Å². The molecule has 0 aromatic heterocycles. The van der Waals surface area contributed by atoms with Crippen molar-refractivity contribution in [1.82, 2.24) is 0 Å². The molecule has 0 aliphatic heterocycles. The van der Waals surface area contributed by atoms with Gasteiger partial charge < -0.3 is 14.6 Å². The molecule has 0 radical (unpaired) electrons. The van der Waals surface area contributed by atoms with Gasteiger partial charge in [0.2, 0.25) is 0 Å². The summed E-state index contributed by atoms with van der Waals surface area (Å²) < 4.78 is 24.3. The third-order valence-electron chi connectivity index (χ3n) is 2.98. The first kappa shape index (κ1) is 15.3. The van der Waals surface area contributed by atoms with Gasteiger partial charge >= 0.3 is 0 Å². The van der Waals surface area contributed by atoms with Crippen LogP contribution in [0.2, 0.25) is 0 Å². The number of aliphatic hydroxyl groups excluding tert-OH is 1.